The van der Waals surface area contributed by atoms with Crippen molar-refractivity contribution in [3.8, 4) is 56.7 Å². The minimum atomic E-state index is 0.580. The van der Waals surface area contributed by atoms with E-state index in [2.05, 4.69) is 66.7 Å². The van der Waals surface area contributed by atoms with Gasteiger partial charge < -0.3 is 8.83 Å². The van der Waals surface area contributed by atoms with E-state index in [4.69, 9.17) is 28.8 Å². The Morgan fingerprint density at radius 2 is 1.00 bits per heavy atom. The highest BCUT2D eigenvalue weighted by molar-refractivity contribution is 6.11. The van der Waals surface area contributed by atoms with Crippen LogP contribution in [0, 0.1) is 0 Å². The van der Waals surface area contributed by atoms with Gasteiger partial charge in [0.15, 0.2) is 23.1 Å². The highest BCUT2D eigenvalue weighted by atomic mass is 16.3. The molecular formula is C44H26N4O2. The summed E-state index contributed by atoms with van der Waals surface area (Å²) in [6, 6.07) is 53.0. The zero-order chi connectivity index (χ0) is 33.0. The van der Waals surface area contributed by atoms with E-state index >= 15 is 0 Å². The molecule has 234 valence electrons. The van der Waals surface area contributed by atoms with Gasteiger partial charge in [0.25, 0.3) is 0 Å². The highest BCUT2D eigenvalue weighted by Crippen LogP contribution is 2.38. The van der Waals surface area contributed by atoms with E-state index < -0.39 is 0 Å². The summed E-state index contributed by atoms with van der Waals surface area (Å²) < 4.78 is 12.6. The average molecular weight is 643 g/mol. The maximum absolute atomic E-state index is 6.43. The lowest BCUT2D eigenvalue weighted by atomic mass is 9.96. The summed E-state index contributed by atoms with van der Waals surface area (Å²) >= 11 is 0. The Kier molecular flexibility index (Phi) is 6.39. The van der Waals surface area contributed by atoms with Gasteiger partial charge in [0, 0.05) is 38.4 Å². The van der Waals surface area contributed by atoms with Gasteiger partial charge in [-0.15, -0.1) is 0 Å². The number of benzene rings is 7. The molecule has 0 saturated heterocycles. The van der Waals surface area contributed by atoms with Crippen molar-refractivity contribution in [2.75, 3.05) is 0 Å². The lowest BCUT2D eigenvalue weighted by Gasteiger charge is -2.10. The van der Waals surface area contributed by atoms with Crippen LogP contribution in [0.4, 0.5) is 0 Å². The fourth-order valence-electron chi connectivity index (χ4n) is 6.71. The molecule has 0 saturated carbocycles. The molecular weight excluding hydrogens is 617 g/mol. The largest absolute Gasteiger partial charge is 0.456 e. The molecule has 0 fully saturated rings. The molecule has 0 radical (unpaired) electrons. The summed E-state index contributed by atoms with van der Waals surface area (Å²) in [5.41, 5.74) is 8.98. The van der Waals surface area contributed by atoms with Crippen molar-refractivity contribution in [1.29, 1.82) is 0 Å². The van der Waals surface area contributed by atoms with Crippen molar-refractivity contribution in [2.45, 2.75) is 0 Å². The molecule has 10 aromatic rings. The van der Waals surface area contributed by atoms with Gasteiger partial charge in [-0.3, -0.25) is 0 Å². The number of hydrogen-bond acceptors (Lipinski definition) is 6. The number of fused-ring (bicyclic) bond motifs is 6. The van der Waals surface area contributed by atoms with E-state index in [1.54, 1.807) is 0 Å². The Morgan fingerprint density at radius 3 is 1.78 bits per heavy atom. The third-order valence-electron chi connectivity index (χ3n) is 9.18. The molecule has 0 atom stereocenters. The summed E-state index contributed by atoms with van der Waals surface area (Å²) in [4.78, 5) is 19.7. The molecule has 0 bridgehead atoms. The minimum absolute atomic E-state index is 0.580. The molecule has 3 heterocycles. The predicted molar refractivity (Wildman–Crippen MR) is 199 cm³/mol. The normalized spacial score (nSPS) is 11.6. The van der Waals surface area contributed by atoms with Gasteiger partial charge in [0.2, 0.25) is 5.89 Å². The zero-order valence-corrected chi connectivity index (χ0v) is 26.6. The lowest BCUT2D eigenvalue weighted by molar-refractivity contribution is 0.623. The summed E-state index contributed by atoms with van der Waals surface area (Å²) in [5.74, 6) is 2.39. The van der Waals surface area contributed by atoms with E-state index in [0.717, 1.165) is 77.2 Å². The SMILES string of the molecule is c1ccc(-c2nc(-c3ccc(-c4cccc5ccc6nc(-c7ccccc7)oc6c45)cc3)nc(-c3ccc4c(c3)oc3ccccc34)n2)cc1. The van der Waals surface area contributed by atoms with Crippen LogP contribution in [0.5, 0.6) is 0 Å². The first-order valence-electron chi connectivity index (χ1n) is 16.5. The molecule has 0 spiro atoms. The van der Waals surface area contributed by atoms with Crippen LogP contribution in [0.1, 0.15) is 0 Å². The van der Waals surface area contributed by atoms with E-state index in [9.17, 15) is 0 Å². The topological polar surface area (TPSA) is 77.8 Å². The lowest BCUT2D eigenvalue weighted by Crippen LogP contribution is -2.00. The second-order valence-electron chi connectivity index (χ2n) is 12.3. The third-order valence-corrected chi connectivity index (χ3v) is 9.18. The van der Waals surface area contributed by atoms with Gasteiger partial charge in [-0.05, 0) is 52.9 Å². The molecule has 6 nitrogen and oxygen atoms in total. The summed E-state index contributed by atoms with van der Waals surface area (Å²) in [7, 11) is 0. The van der Waals surface area contributed by atoms with Crippen molar-refractivity contribution in [3.05, 3.63) is 158 Å². The third kappa shape index (κ3) is 4.73. The number of hydrogen-bond donors (Lipinski definition) is 0. The number of oxazole rings is 1. The molecule has 0 aliphatic rings. The quantitative estimate of drug-likeness (QED) is 0.186. The molecule has 0 amide bonds. The van der Waals surface area contributed by atoms with Crippen molar-refractivity contribution in [1.82, 2.24) is 19.9 Å². The second kappa shape index (κ2) is 11.4. The molecule has 0 aliphatic heterocycles. The molecule has 7 aromatic carbocycles. The molecule has 0 N–H and O–H groups in total. The Balaban J connectivity index is 1.08. The van der Waals surface area contributed by atoms with Gasteiger partial charge in [0.05, 0.1) is 0 Å². The van der Waals surface area contributed by atoms with Gasteiger partial charge in [0.1, 0.15) is 16.7 Å². The first-order chi connectivity index (χ1) is 24.7. The van der Waals surface area contributed by atoms with Crippen LogP contribution < -0.4 is 0 Å². The fraction of sp³-hybridized carbons (Fsp3) is 0. The second-order valence-corrected chi connectivity index (χ2v) is 12.3. The van der Waals surface area contributed by atoms with Crippen LogP contribution in [0.15, 0.2) is 167 Å². The van der Waals surface area contributed by atoms with Crippen LogP contribution in [-0.4, -0.2) is 19.9 Å². The monoisotopic (exact) mass is 642 g/mol. The molecule has 0 aliphatic carbocycles. The van der Waals surface area contributed by atoms with Crippen molar-refractivity contribution < 1.29 is 8.83 Å². The van der Waals surface area contributed by atoms with Crippen LogP contribution >= 0.6 is 0 Å². The van der Waals surface area contributed by atoms with Crippen molar-refractivity contribution in [3.63, 3.8) is 0 Å². The zero-order valence-electron chi connectivity index (χ0n) is 26.6. The van der Waals surface area contributed by atoms with Gasteiger partial charge in [-0.1, -0.05) is 121 Å². The Labute approximate surface area is 286 Å². The molecule has 0 unspecified atom stereocenters. The first kappa shape index (κ1) is 28.1. The smallest absolute Gasteiger partial charge is 0.227 e. The molecule has 3 aromatic heterocycles. The minimum Gasteiger partial charge on any atom is -0.456 e. The highest BCUT2D eigenvalue weighted by Gasteiger charge is 2.17. The Bertz CT molecular complexity index is 2860. The summed E-state index contributed by atoms with van der Waals surface area (Å²) in [6.07, 6.45) is 0. The summed E-state index contributed by atoms with van der Waals surface area (Å²) in [5, 5.41) is 4.26. The molecule has 6 heteroatoms. The van der Waals surface area contributed by atoms with E-state index in [0.29, 0.717) is 23.4 Å². The van der Waals surface area contributed by atoms with Gasteiger partial charge in [-0.2, -0.15) is 0 Å². The van der Waals surface area contributed by atoms with E-state index in [1.807, 2.05) is 91.0 Å². The first-order valence-corrected chi connectivity index (χ1v) is 16.5. The predicted octanol–water partition coefficient (Wildman–Crippen LogP) is 11.4. The number of rotatable bonds is 5. The van der Waals surface area contributed by atoms with Gasteiger partial charge in [-0.25, -0.2) is 19.9 Å². The number of nitrogens with zero attached hydrogens (tertiary/aromatic N) is 4. The van der Waals surface area contributed by atoms with E-state index in [-0.39, 0.29) is 0 Å². The number of furan rings is 1. The Hall–Kier alpha value is -6.92. The number of para-hydroxylation sites is 1. The fourth-order valence-corrected chi connectivity index (χ4v) is 6.71. The van der Waals surface area contributed by atoms with Crippen LogP contribution in [0.2, 0.25) is 0 Å². The number of aromatic nitrogens is 4. The average Bonchev–Trinajstić information content (AvgIpc) is 3.80. The van der Waals surface area contributed by atoms with E-state index in [1.165, 1.54) is 0 Å². The maximum Gasteiger partial charge on any atom is 0.227 e. The molecule has 10 rings (SSSR count). The van der Waals surface area contributed by atoms with Gasteiger partial charge >= 0.3 is 0 Å². The van der Waals surface area contributed by atoms with Crippen LogP contribution in [-0.2, 0) is 0 Å². The van der Waals surface area contributed by atoms with Crippen molar-refractivity contribution >= 4 is 43.8 Å². The molecule has 50 heavy (non-hydrogen) atoms. The standard InChI is InChI=1S/C44H26N4O2/c1-3-10-29(11-4-1)41-46-42(48-43(47-41)32-22-24-35-34-15-7-8-17-37(34)49-38(35)26-32)30-20-18-27(19-21-30)33-16-9-14-28-23-25-36-40(39(28)33)50-44(45-36)31-12-5-2-6-13-31/h1-26H. The summed E-state index contributed by atoms with van der Waals surface area (Å²) in [6.45, 7) is 0. The van der Waals surface area contributed by atoms with Crippen LogP contribution in [0.25, 0.3) is 101 Å². The van der Waals surface area contributed by atoms with Crippen molar-refractivity contribution in [2.24, 2.45) is 0 Å². The maximum atomic E-state index is 6.43. The van der Waals surface area contributed by atoms with Crippen LogP contribution in [0.3, 0.4) is 0 Å². The Morgan fingerprint density at radius 1 is 0.380 bits per heavy atom.